The molecule has 2 aromatic carbocycles. The summed E-state index contributed by atoms with van der Waals surface area (Å²) in [7, 11) is -3.14. The zero-order chi connectivity index (χ0) is 20.2. The van der Waals surface area contributed by atoms with Crippen molar-refractivity contribution in [2.75, 3.05) is 25.4 Å². The Balaban J connectivity index is 0.00000420. The lowest BCUT2D eigenvalue weighted by atomic mass is 10.1. The van der Waals surface area contributed by atoms with Gasteiger partial charge in [-0.15, -0.1) is 24.0 Å². The quantitative estimate of drug-likeness (QED) is 0.212. The fourth-order valence-corrected chi connectivity index (χ4v) is 4.11. The third kappa shape index (κ3) is 10.6. The highest BCUT2D eigenvalue weighted by Crippen LogP contribution is 2.07. The lowest BCUT2D eigenvalue weighted by Crippen LogP contribution is -2.38. The summed E-state index contributed by atoms with van der Waals surface area (Å²) in [6.07, 6.45) is 1.22. The van der Waals surface area contributed by atoms with Gasteiger partial charge in [-0.25, -0.2) is 12.8 Å². The molecule has 0 aliphatic carbocycles. The second-order valence-corrected chi connectivity index (χ2v) is 8.68. The van der Waals surface area contributed by atoms with E-state index in [4.69, 9.17) is 0 Å². The normalized spacial score (nSPS) is 11.6. The number of hydrogen-bond acceptors (Lipinski definition) is 3. The van der Waals surface area contributed by atoms with Crippen LogP contribution < -0.4 is 10.6 Å². The highest BCUT2D eigenvalue weighted by Gasteiger charge is 2.11. The van der Waals surface area contributed by atoms with Gasteiger partial charge in [0.25, 0.3) is 0 Å². The Morgan fingerprint density at radius 3 is 2.34 bits per heavy atom. The molecule has 0 radical (unpaired) electrons. The van der Waals surface area contributed by atoms with Crippen molar-refractivity contribution in [2.24, 2.45) is 4.99 Å². The van der Waals surface area contributed by atoms with Crippen LogP contribution in [0.5, 0.6) is 0 Å². The molecule has 0 atom stereocenters. The van der Waals surface area contributed by atoms with E-state index in [1.54, 1.807) is 12.1 Å². The third-order valence-electron chi connectivity index (χ3n) is 4.08. The van der Waals surface area contributed by atoms with Gasteiger partial charge in [0.15, 0.2) is 15.8 Å². The fraction of sp³-hybridized carbons (Fsp3) is 0.381. The van der Waals surface area contributed by atoms with Gasteiger partial charge in [-0.3, -0.25) is 4.99 Å². The molecule has 0 unspecified atom stereocenters. The van der Waals surface area contributed by atoms with Crippen LogP contribution in [0, 0.1) is 5.82 Å². The predicted octanol–water partition coefficient (Wildman–Crippen LogP) is 3.55. The van der Waals surface area contributed by atoms with Crippen LogP contribution in [0.2, 0.25) is 0 Å². The number of rotatable bonds is 10. The number of aliphatic imine (C=N–C) groups is 1. The molecule has 2 rings (SSSR count). The predicted molar refractivity (Wildman–Crippen MR) is 128 cm³/mol. The first kappa shape index (κ1) is 25.4. The number of sulfone groups is 1. The van der Waals surface area contributed by atoms with Crippen molar-refractivity contribution in [3.05, 3.63) is 71.5 Å². The van der Waals surface area contributed by atoms with Crippen LogP contribution in [0.15, 0.2) is 59.6 Å². The largest absolute Gasteiger partial charge is 0.357 e. The molecule has 0 spiro atoms. The summed E-state index contributed by atoms with van der Waals surface area (Å²) >= 11 is 0. The first-order valence-electron chi connectivity index (χ1n) is 9.49. The van der Waals surface area contributed by atoms with Gasteiger partial charge >= 0.3 is 0 Å². The van der Waals surface area contributed by atoms with E-state index in [1.165, 1.54) is 12.1 Å². The Morgan fingerprint density at radius 1 is 1.00 bits per heavy atom. The summed E-state index contributed by atoms with van der Waals surface area (Å²) in [4.78, 5) is 4.44. The Bertz CT molecular complexity index is 844. The second kappa shape index (κ2) is 13.5. The average Bonchev–Trinajstić information content (AvgIpc) is 2.67. The van der Waals surface area contributed by atoms with Crippen LogP contribution in [-0.4, -0.2) is 39.8 Å². The maximum Gasteiger partial charge on any atom is 0.191 e. The number of nitrogens with zero attached hydrogens (tertiary/aromatic N) is 1. The number of benzene rings is 2. The maximum atomic E-state index is 12.9. The van der Waals surface area contributed by atoms with E-state index in [9.17, 15) is 12.8 Å². The van der Waals surface area contributed by atoms with Crippen LogP contribution in [0.25, 0.3) is 0 Å². The molecule has 160 valence electrons. The molecular weight excluding hydrogens is 504 g/mol. The van der Waals surface area contributed by atoms with Crippen LogP contribution in [0.1, 0.15) is 24.5 Å². The molecule has 0 saturated heterocycles. The maximum absolute atomic E-state index is 12.9. The smallest absolute Gasteiger partial charge is 0.191 e. The summed E-state index contributed by atoms with van der Waals surface area (Å²) in [6, 6.07) is 15.6. The molecule has 5 nitrogen and oxygen atoms in total. The molecule has 0 aliphatic heterocycles. The van der Waals surface area contributed by atoms with Crippen molar-refractivity contribution in [2.45, 2.75) is 25.5 Å². The zero-order valence-corrected chi connectivity index (χ0v) is 19.8. The minimum Gasteiger partial charge on any atom is -0.357 e. The van der Waals surface area contributed by atoms with Crippen molar-refractivity contribution in [1.29, 1.82) is 0 Å². The highest BCUT2D eigenvalue weighted by atomic mass is 127. The lowest BCUT2D eigenvalue weighted by Gasteiger charge is -2.11. The molecule has 0 heterocycles. The van der Waals surface area contributed by atoms with Gasteiger partial charge in [-0.05, 0) is 43.0 Å². The van der Waals surface area contributed by atoms with Crippen molar-refractivity contribution >= 4 is 39.8 Å². The van der Waals surface area contributed by atoms with E-state index in [-0.39, 0.29) is 41.3 Å². The molecule has 0 saturated carbocycles. The Hall–Kier alpha value is -1.68. The monoisotopic (exact) mass is 533 g/mol. The Morgan fingerprint density at radius 2 is 1.69 bits per heavy atom. The average molecular weight is 533 g/mol. The molecule has 29 heavy (non-hydrogen) atoms. The molecule has 0 aliphatic rings. The third-order valence-corrected chi connectivity index (χ3v) is 5.76. The van der Waals surface area contributed by atoms with E-state index >= 15 is 0 Å². The summed E-state index contributed by atoms with van der Waals surface area (Å²) in [5, 5.41) is 6.36. The minimum absolute atomic E-state index is 0. The van der Waals surface area contributed by atoms with Crippen molar-refractivity contribution in [3.8, 4) is 0 Å². The van der Waals surface area contributed by atoms with E-state index in [0.717, 1.165) is 17.5 Å². The molecule has 2 N–H and O–H groups in total. The van der Waals surface area contributed by atoms with Gasteiger partial charge in [0.1, 0.15) is 5.82 Å². The minimum atomic E-state index is -3.14. The van der Waals surface area contributed by atoms with Crippen LogP contribution >= 0.6 is 24.0 Å². The first-order chi connectivity index (χ1) is 13.5. The summed E-state index contributed by atoms with van der Waals surface area (Å²) in [6.45, 7) is 3.78. The molecule has 0 fully saturated rings. The van der Waals surface area contributed by atoms with Gasteiger partial charge < -0.3 is 10.6 Å². The second-order valence-electron chi connectivity index (χ2n) is 6.50. The number of hydrogen-bond donors (Lipinski definition) is 2. The molecule has 8 heteroatoms. The summed E-state index contributed by atoms with van der Waals surface area (Å²) in [5.74, 6) is 0.590. The SMILES string of the molecule is CCNC(=NCCCS(=O)(=O)Cc1ccccc1)NCCc1ccc(F)cc1.I. The van der Waals surface area contributed by atoms with Crippen LogP contribution in [0.3, 0.4) is 0 Å². The number of guanidine groups is 1. The molecular formula is C21H29FIN3O2S. The van der Waals surface area contributed by atoms with Crippen LogP contribution in [-0.2, 0) is 22.0 Å². The van der Waals surface area contributed by atoms with Crippen LogP contribution in [0.4, 0.5) is 4.39 Å². The molecule has 2 aromatic rings. The van der Waals surface area contributed by atoms with E-state index in [2.05, 4.69) is 15.6 Å². The summed E-state index contributed by atoms with van der Waals surface area (Å²) < 4.78 is 37.4. The number of nitrogens with one attached hydrogen (secondary N) is 2. The van der Waals surface area contributed by atoms with E-state index in [0.29, 0.717) is 32.0 Å². The highest BCUT2D eigenvalue weighted by molar-refractivity contribution is 14.0. The van der Waals surface area contributed by atoms with Gasteiger partial charge in [0.2, 0.25) is 0 Å². The molecule has 0 amide bonds. The van der Waals surface area contributed by atoms with Gasteiger partial charge in [0, 0.05) is 19.6 Å². The Labute approximate surface area is 190 Å². The molecule has 0 bridgehead atoms. The van der Waals surface area contributed by atoms with Crippen molar-refractivity contribution in [1.82, 2.24) is 10.6 Å². The topological polar surface area (TPSA) is 70.6 Å². The van der Waals surface area contributed by atoms with Gasteiger partial charge in [-0.2, -0.15) is 0 Å². The number of halogens is 2. The van der Waals surface area contributed by atoms with Gasteiger partial charge in [-0.1, -0.05) is 42.5 Å². The van der Waals surface area contributed by atoms with E-state index in [1.807, 2.05) is 37.3 Å². The van der Waals surface area contributed by atoms with Crippen molar-refractivity contribution in [3.63, 3.8) is 0 Å². The van der Waals surface area contributed by atoms with E-state index < -0.39 is 9.84 Å². The van der Waals surface area contributed by atoms with Crippen molar-refractivity contribution < 1.29 is 12.8 Å². The van der Waals surface area contributed by atoms with Gasteiger partial charge in [0.05, 0.1) is 11.5 Å². The lowest BCUT2D eigenvalue weighted by molar-refractivity contribution is 0.592. The summed E-state index contributed by atoms with van der Waals surface area (Å²) in [5.41, 5.74) is 1.85. The first-order valence-corrected chi connectivity index (χ1v) is 11.3. The fourth-order valence-electron chi connectivity index (χ4n) is 2.69. The zero-order valence-electron chi connectivity index (χ0n) is 16.6. The standard InChI is InChI=1S/C21H28FN3O2S.HI/c1-2-23-21(25-15-13-18-9-11-20(22)12-10-18)24-14-6-16-28(26,27)17-19-7-4-3-5-8-19;/h3-5,7-12H,2,6,13-17H2,1H3,(H2,23,24,25);1H. The molecule has 0 aromatic heterocycles. The Kier molecular flexibility index (Phi) is 11.8.